The summed E-state index contributed by atoms with van der Waals surface area (Å²) in [6.45, 7) is 6.04. The van der Waals surface area contributed by atoms with E-state index in [2.05, 4.69) is 9.67 Å². The molecule has 0 amide bonds. The van der Waals surface area contributed by atoms with Crippen LogP contribution in [0.2, 0.25) is 10.0 Å². The number of furan rings is 1. The normalized spacial score (nSPS) is 11.8. The van der Waals surface area contributed by atoms with Gasteiger partial charge in [0.25, 0.3) is 5.56 Å². The molecule has 0 atom stereocenters. The smallest absolute Gasteiger partial charge is 0.282 e. The lowest BCUT2D eigenvalue weighted by molar-refractivity contribution is 0.616. The highest BCUT2D eigenvalue weighted by atomic mass is 35.5. The van der Waals surface area contributed by atoms with Crippen molar-refractivity contribution in [3.8, 4) is 17.3 Å². The Bertz CT molecular complexity index is 1960. The molecule has 0 fully saturated rings. The third-order valence-electron chi connectivity index (χ3n) is 6.72. The first-order chi connectivity index (χ1) is 18.3. The Morgan fingerprint density at radius 2 is 1.76 bits per heavy atom. The molecule has 188 valence electrons. The first kappa shape index (κ1) is 24.2. The summed E-state index contributed by atoms with van der Waals surface area (Å²) in [6.07, 6.45) is 1.68. The molecular formula is C30H22Cl2N4O2. The highest BCUT2D eigenvalue weighted by Crippen LogP contribution is 2.30. The highest BCUT2D eigenvalue weighted by Gasteiger charge is 2.17. The van der Waals surface area contributed by atoms with Crippen LogP contribution in [0, 0.1) is 20.8 Å². The van der Waals surface area contributed by atoms with Gasteiger partial charge in [0.05, 0.1) is 17.1 Å². The van der Waals surface area contributed by atoms with Crippen molar-refractivity contribution in [3.63, 3.8) is 0 Å². The summed E-state index contributed by atoms with van der Waals surface area (Å²) in [7, 11) is 0. The summed E-state index contributed by atoms with van der Waals surface area (Å²) in [5, 5.41) is 7.21. The summed E-state index contributed by atoms with van der Waals surface area (Å²) >= 11 is 12.6. The maximum Gasteiger partial charge on any atom is 0.282 e. The van der Waals surface area contributed by atoms with E-state index in [4.69, 9.17) is 32.6 Å². The Balaban J connectivity index is 1.52. The molecule has 6 rings (SSSR count). The monoisotopic (exact) mass is 540 g/mol. The molecule has 0 bridgehead atoms. The molecule has 3 heterocycles. The van der Waals surface area contributed by atoms with Gasteiger partial charge in [-0.2, -0.15) is 9.78 Å². The van der Waals surface area contributed by atoms with Crippen LogP contribution in [-0.2, 0) is 0 Å². The zero-order valence-electron chi connectivity index (χ0n) is 20.9. The van der Waals surface area contributed by atoms with Gasteiger partial charge in [-0.15, -0.1) is 0 Å². The van der Waals surface area contributed by atoms with E-state index in [1.165, 1.54) is 4.68 Å². The molecule has 8 heteroatoms. The number of halogens is 2. The first-order valence-corrected chi connectivity index (χ1v) is 12.8. The molecule has 6 nitrogen and oxygen atoms in total. The third kappa shape index (κ3) is 4.02. The summed E-state index contributed by atoms with van der Waals surface area (Å²) in [4.78, 5) is 18.4. The van der Waals surface area contributed by atoms with Crippen LogP contribution in [0.25, 0.3) is 39.1 Å². The van der Waals surface area contributed by atoms with E-state index in [-0.39, 0.29) is 5.56 Å². The number of para-hydroxylation sites is 1. The van der Waals surface area contributed by atoms with Crippen molar-refractivity contribution in [2.45, 2.75) is 20.8 Å². The first-order valence-electron chi connectivity index (χ1n) is 12.0. The predicted octanol–water partition coefficient (Wildman–Crippen LogP) is 7.71. The van der Waals surface area contributed by atoms with Crippen LogP contribution in [0.15, 0.2) is 87.1 Å². The van der Waals surface area contributed by atoms with Crippen molar-refractivity contribution in [2.24, 2.45) is 5.10 Å². The summed E-state index contributed by atoms with van der Waals surface area (Å²) in [5.74, 6) is 0.721. The number of fused-ring (bicyclic) bond motifs is 2. The SMILES string of the molecule is Cc1c(Cl)cccc1-n1c(C)cc(C=Nn2c(-c3cc4cc(Cl)ccc4o3)nc3ccccc3c2=O)c1C. The number of nitrogens with zero attached hydrogens (tertiary/aromatic N) is 4. The molecular weight excluding hydrogens is 519 g/mol. The fourth-order valence-electron chi connectivity index (χ4n) is 4.76. The maximum absolute atomic E-state index is 13.6. The van der Waals surface area contributed by atoms with Crippen molar-refractivity contribution in [1.29, 1.82) is 0 Å². The molecule has 0 N–H and O–H groups in total. The summed E-state index contributed by atoms with van der Waals surface area (Å²) < 4.78 is 9.49. The highest BCUT2D eigenvalue weighted by molar-refractivity contribution is 6.31. The van der Waals surface area contributed by atoms with Gasteiger partial charge in [-0.3, -0.25) is 4.79 Å². The Kier molecular flexibility index (Phi) is 5.94. The minimum Gasteiger partial charge on any atom is -0.453 e. The number of hydrogen-bond acceptors (Lipinski definition) is 4. The molecule has 0 radical (unpaired) electrons. The zero-order valence-corrected chi connectivity index (χ0v) is 22.4. The van der Waals surface area contributed by atoms with E-state index < -0.39 is 0 Å². The van der Waals surface area contributed by atoms with Crippen LogP contribution in [0.1, 0.15) is 22.5 Å². The van der Waals surface area contributed by atoms with Crippen LogP contribution in [0.4, 0.5) is 0 Å². The molecule has 3 aromatic carbocycles. The average molecular weight is 541 g/mol. The second kappa shape index (κ2) is 9.31. The lowest BCUT2D eigenvalue weighted by Gasteiger charge is -2.13. The lowest BCUT2D eigenvalue weighted by Crippen LogP contribution is -2.20. The molecule has 0 spiro atoms. The topological polar surface area (TPSA) is 65.3 Å². The predicted molar refractivity (Wildman–Crippen MR) is 154 cm³/mol. The van der Waals surface area contributed by atoms with Crippen LogP contribution in [0.3, 0.4) is 0 Å². The number of hydrogen-bond donors (Lipinski definition) is 0. The van der Waals surface area contributed by atoms with E-state index in [9.17, 15) is 4.79 Å². The van der Waals surface area contributed by atoms with E-state index >= 15 is 0 Å². The minimum absolute atomic E-state index is 0.292. The fourth-order valence-corrected chi connectivity index (χ4v) is 5.11. The minimum atomic E-state index is -0.292. The fraction of sp³-hybridized carbons (Fsp3) is 0.100. The van der Waals surface area contributed by atoms with Crippen LogP contribution in [-0.4, -0.2) is 20.4 Å². The van der Waals surface area contributed by atoms with Crippen molar-refractivity contribution in [1.82, 2.24) is 14.2 Å². The van der Waals surface area contributed by atoms with Gasteiger partial charge in [0.1, 0.15) is 5.58 Å². The van der Waals surface area contributed by atoms with Gasteiger partial charge in [-0.1, -0.05) is 41.4 Å². The van der Waals surface area contributed by atoms with Gasteiger partial charge in [-0.05, 0) is 80.9 Å². The van der Waals surface area contributed by atoms with Gasteiger partial charge in [-0.25, -0.2) is 4.98 Å². The summed E-state index contributed by atoms with van der Waals surface area (Å²) in [5.41, 5.74) is 5.75. The van der Waals surface area contributed by atoms with Gasteiger partial charge in [0.2, 0.25) is 5.82 Å². The molecule has 38 heavy (non-hydrogen) atoms. The Hall–Kier alpha value is -4.13. The molecule has 0 saturated carbocycles. The average Bonchev–Trinajstić information content (AvgIpc) is 3.44. The van der Waals surface area contributed by atoms with E-state index in [0.29, 0.717) is 38.1 Å². The van der Waals surface area contributed by atoms with Crippen LogP contribution in [0.5, 0.6) is 0 Å². The molecule has 0 aliphatic rings. The van der Waals surface area contributed by atoms with Crippen molar-refractivity contribution in [3.05, 3.63) is 116 Å². The number of benzene rings is 3. The second-order valence-electron chi connectivity index (χ2n) is 9.15. The molecule has 6 aromatic rings. The third-order valence-corrected chi connectivity index (χ3v) is 7.36. The standard InChI is InChI=1S/C30H22Cl2N4O2/c1-17-13-21(19(3)35(17)26-10-6-8-24(32)18(26)2)16-33-36-29(34-25-9-5-4-7-23(25)30(36)37)28-15-20-14-22(31)11-12-27(20)38-28/h4-16H,1-3H3. The van der Waals surface area contributed by atoms with E-state index in [1.54, 1.807) is 30.5 Å². The lowest BCUT2D eigenvalue weighted by atomic mass is 10.2. The van der Waals surface area contributed by atoms with Crippen molar-refractivity contribution in [2.75, 3.05) is 0 Å². The Morgan fingerprint density at radius 3 is 2.61 bits per heavy atom. The Morgan fingerprint density at radius 1 is 0.947 bits per heavy atom. The number of aromatic nitrogens is 3. The van der Waals surface area contributed by atoms with Crippen LogP contribution >= 0.6 is 23.2 Å². The van der Waals surface area contributed by atoms with Crippen molar-refractivity contribution < 1.29 is 4.42 Å². The van der Waals surface area contributed by atoms with Gasteiger partial charge in [0, 0.05) is 38.1 Å². The Labute approximate surface area is 228 Å². The van der Waals surface area contributed by atoms with Gasteiger partial charge < -0.3 is 8.98 Å². The largest absolute Gasteiger partial charge is 0.453 e. The number of aryl methyl sites for hydroxylation is 1. The quantitative estimate of drug-likeness (QED) is 0.215. The van der Waals surface area contributed by atoms with Gasteiger partial charge >= 0.3 is 0 Å². The van der Waals surface area contributed by atoms with Crippen molar-refractivity contribution >= 4 is 51.3 Å². The summed E-state index contributed by atoms with van der Waals surface area (Å²) in [6, 6.07) is 22.2. The second-order valence-corrected chi connectivity index (χ2v) is 10.00. The van der Waals surface area contributed by atoms with E-state index in [0.717, 1.165) is 33.6 Å². The molecule has 0 aliphatic carbocycles. The molecule has 0 unspecified atom stereocenters. The maximum atomic E-state index is 13.6. The molecule has 3 aromatic heterocycles. The van der Waals surface area contributed by atoms with Crippen LogP contribution < -0.4 is 5.56 Å². The molecule has 0 aliphatic heterocycles. The number of rotatable bonds is 4. The van der Waals surface area contributed by atoms with E-state index in [1.807, 2.05) is 69.3 Å². The zero-order chi connectivity index (χ0) is 26.6. The van der Waals surface area contributed by atoms with Gasteiger partial charge in [0.15, 0.2) is 5.76 Å². The molecule has 0 saturated heterocycles.